The number of benzene rings is 2. The third-order valence-electron chi connectivity index (χ3n) is 2.90. The van der Waals surface area contributed by atoms with Crippen molar-refractivity contribution in [2.75, 3.05) is 0 Å². The molecule has 1 N–H and O–H groups in total. The van der Waals surface area contributed by atoms with Gasteiger partial charge in [0.05, 0.1) is 17.1 Å². The molecule has 0 aromatic heterocycles. The lowest BCUT2D eigenvalue weighted by molar-refractivity contribution is -0.385. The van der Waals surface area contributed by atoms with E-state index in [4.69, 9.17) is 9.84 Å². The number of nitrogens with zero attached hydrogens (tertiary/aromatic N) is 1. The van der Waals surface area contributed by atoms with Crippen molar-refractivity contribution < 1.29 is 23.5 Å². The zero-order valence-corrected chi connectivity index (χ0v) is 11.0. The Morgan fingerprint density at radius 1 is 1.29 bits per heavy atom. The average Bonchev–Trinajstić information content (AvgIpc) is 2.43. The predicted molar refractivity (Wildman–Crippen MR) is 70.2 cm³/mol. The van der Waals surface area contributed by atoms with Crippen molar-refractivity contribution in [3.05, 3.63) is 63.2 Å². The van der Waals surface area contributed by atoms with E-state index in [1.54, 1.807) is 0 Å². The van der Waals surface area contributed by atoms with Crippen LogP contribution in [0.15, 0.2) is 30.3 Å². The highest BCUT2D eigenvalue weighted by molar-refractivity contribution is 5.50. The van der Waals surface area contributed by atoms with Gasteiger partial charge in [-0.1, -0.05) is 6.07 Å². The van der Waals surface area contributed by atoms with Gasteiger partial charge in [0.15, 0.2) is 17.4 Å². The fourth-order valence-electron chi connectivity index (χ4n) is 1.82. The Morgan fingerprint density at radius 3 is 2.43 bits per heavy atom. The van der Waals surface area contributed by atoms with E-state index in [-0.39, 0.29) is 22.6 Å². The lowest BCUT2D eigenvalue weighted by atomic mass is 10.1. The summed E-state index contributed by atoms with van der Waals surface area (Å²) in [6.07, 6.45) is 0. The molecule has 21 heavy (non-hydrogen) atoms. The second kappa shape index (κ2) is 5.84. The molecule has 0 aliphatic heterocycles. The van der Waals surface area contributed by atoms with Gasteiger partial charge in [-0.3, -0.25) is 10.1 Å². The second-order valence-corrected chi connectivity index (χ2v) is 4.31. The van der Waals surface area contributed by atoms with Crippen LogP contribution in [0.1, 0.15) is 11.1 Å². The zero-order chi connectivity index (χ0) is 15.6. The predicted octanol–water partition coefficient (Wildman–Crippen LogP) is 3.47. The number of nitro groups is 1. The normalized spacial score (nSPS) is 10.5. The van der Waals surface area contributed by atoms with E-state index in [2.05, 4.69) is 0 Å². The van der Waals surface area contributed by atoms with Crippen LogP contribution in [0.25, 0.3) is 0 Å². The molecule has 0 radical (unpaired) electrons. The van der Waals surface area contributed by atoms with Gasteiger partial charge in [-0.25, -0.2) is 8.78 Å². The molecule has 0 heterocycles. The van der Waals surface area contributed by atoms with Gasteiger partial charge < -0.3 is 9.84 Å². The molecular weight excluding hydrogens is 284 g/mol. The molecule has 0 saturated carbocycles. The van der Waals surface area contributed by atoms with E-state index in [1.165, 1.54) is 25.1 Å². The van der Waals surface area contributed by atoms with E-state index in [0.717, 1.165) is 12.1 Å². The molecule has 0 fully saturated rings. The molecule has 0 saturated heterocycles. The summed E-state index contributed by atoms with van der Waals surface area (Å²) in [6.45, 7) is 0.912. The van der Waals surface area contributed by atoms with Crippen molar-refractivity contribution in [1.82, 2.24) is 0 Å². The van der Waals surface area contributed by atoms with Crippen molar-refractivity contribution in [2.24, 2.45) is 0 Å². The van der Waals surface area contributed by atoms with Crippen LogP contribution in [0.4, 0.5) is 14.5 Å². The SMILES string of the molecule is Cc1c(Oc2c(F)cc(CO)cc2F)cccc1[N+](=O)[O-]. The van der Waals surface area contributed by atoms with Crippen molar-refractivity contribution >= 4 is 5.69 Å². The highest BCUT2D eigenvalue weighted by atomic mass is 19.1. The maximum absolute atomic E-state index is 13.8. The van der Waals surface area contributed by atoms with Crippen LogP contribution in [0.3, 0.4) is 0 Å². The van der Waals surface area contributed by atoms with Gasteiger partial charge in [0.2, 0.25) is 0 Å². The van der Waals surface area contributed by atoms with Crippen LogP contribution in [0.2, 0.25) is 0 Å². The molecule has 0 amide bonds. The maximum atomic E-state index is 13.8. The summed E-state index contributed by atoms with van der Waals surface area (Å²) < 4.78 is 32.7. The summed E-state index contributed by atoms with van der Waals surface area (Å²) in [6, 6.07) is 5.87. The summed E-state index contributed by atoms with van der Waals surface area (Å²) in [7, 11) is 0. The lowest BCUT2D eigenvalue weighted by Gasteiger charge is -2.11. The highest BCUT2D eigenvalue weighted by Crippen LogP contribution is 2.33. The molecule has 0 aliphatic carbocycles. The Hall–Kier alpha value is -2.54. The molecule has 0 unspecified atom stereocenters. The van der Waals surface area contributed by atoms with Crippen molar-refractivity contribution in [3.8, 4) is 11.5 Å². The number of ether oxygens (including phenoxy) is 1. The first-order chi connectivity index (χ1) is 9.93. The van der Waals surface area contributed by atoms with Crippen LogP contribution >= 0.6 is 0 Å². The Labute approximate surface area is 118 Å². The standard InChI is InChI=1S/C14H11F2NO4/c1-8-12(17(19)20)3-2-4-13(8)21-14-10(15)5-9(7-18)6-11(14)16/h2-6,18H,7H2,1H3. The molecule has 0 spiro atoms. The minimum absolute atomic E-state index is 0.0150. The minimum Gasteiger partial charge on any atom is -0.451 e. The third kappa shape index (κ3) is 2.97. The van der Waals surface area contributed by atoms with Gasteiger partial charge in [-0.05, 0) is 30.7 Å². The Balaban J connectivity index is 2.44. The first-order valence-corrected chi connectivity index (χ1v) is 5.94. The summed E-state index contributed by atoms with van der Waals surface area (Å²) >= 11 is 0. The molecule has 0 atom stereocenters. The van der Waals surface area contributed by atoms with Crippen molar-refractivity contribution in [2.45, 2.75) is 13.5 Å². The van der Waals surface area contributed by atoms with E-state index in [1.807, 2.05) is 0 Å². The number of hydrogen-bond donors (Lipinski definition) is 1. The van der Waals surface area contributed by atoms with Crippen LogP contribution < -0.4 is 4.74 Å². The molecule has 0 aliphatic rings. The molecule has 110 valence electrons. The number of nitro benzene ring substituents is 1. The number of aliphatic hydroxyl groups excluding tert-OH is 1. The highest BCUT2D eigenvalue weighted by Gasteiger charge is 2.18. The third-order valence-corrected chi connectivity index (χ3v) is 2.90. The van der Waals surface area contributed by atoms with Gasteiger partial charge in [0, 0.05) is 6.07 Å². The fraction of sp³-hybridized carbons (Fsp3) is 0.143. The minimum atomic E-state index is -0.995. The van der Waals surface area contributed by atoms with Gasteiger partial charge in [0.1, 0.15) is 5.75 Å². The van der Waals surface area contributed by atoms with Gasteiger partial charge >= 0.3 is 0 Å². The number of rotatable bonds is 4. The van der Waals surface area contributed by atoms with Gasteiger partial charge in [0.25, 0.3) is 5.69 Å². The van der Waals surface area contributed by atoms with E-state index in [9.17, 15) is 18.9 Å². The maximum Gasteiger partial charge on any atom is 0.276 e. The van der Waals surface area contributed by atoms with Crippen molar-refractivity contribution in [3.63, 3.8) is 0 Å². The lowest BCUT2D eigenvalue weighted by Crippen LogP contribution is -1.99. The average molecular weight is 295 g/mol. The zero-order valence-electron chi connectivity index (χ0n) is 11.0. The number of halogens is 2. The Bertz CT molecular complexity index is 680. The largest absolute Gasteiger partial charge is 0.451 e. The molecule has 7 heteroatoms. The quantitative estimate of drug-likeness (QED) is 0.692. The first-order valence-electron chi connectivity index (χ1n) is 5.94. The monoisotopic (exact) mass is 295 g/mol. The van der Waals surface area contributed by atoms with E-state index in [0.29, 0.717) is 0 Å². The second-order valence-electron chi connectivity index (χ2n) is 4.31. The molecule has 5 nitrogen and oxygen atoms in total. The smallest absolute Gasteiger partial charge is 0.276 e. The van der Waals surface area contributed by atoms with Gasteiger partial charge in [-0.2, -0.15) is 0 Å². The van der Waals surface area contributed by atoms with Crippen molar-refractivity contribution in [1.29, 1.82) is 0 Å². The van der Waals surface area contributed by atoms with Crippen LogP contribution in [0, 0.1) is 28.7 Å². The summed E-state index contributed by atoms with van der Waals surface area (Å²) in [4.78, 5) is 10.2. The van der Waals surface area contributed by atoms with Crippen LogP contribution in [0.5, 0.6) is 11.5 Å². The molecule has 0 bridgehead atoms. The fourth-order valence-corrected chi connectivity index (χ4v) is 1.82. The summed E-state index contributed by atoms with van der Waals surface area (Å²) in [5, 5.41) is 19.7. The first kappa shape index (κ1) is 14.9. The van der Waals surface area contributed by atoms with Crippen LogP contribution in [-0.2, 0) is 6.61 Å². The topological polar surface area (TPSA) is 72.6 Å². The van der Waals surface area contributed by atoms with E-state index >= 15 is 0 Å². The molecule has 2 aromatic carbocycles. The molecule has 2 rings (SSSR count). The summed E-state index contributed by atoms with van der Waals surface area (Å²) in [5.74, 6) is -2.68. The van der Waals surface area contributed by atoms with E-state index < -0.39 is 28.9 Å². The number of aliphatic hydroxyl groups is 1. The molecule has 2 aromatic rings. The van der Waals surface area contributed by atoms with Crippen LogP contribution in [-0.4, -0.2) is 10.0 Å². The van der Waals surface area contributed by atoms with Gasteiger partial charge in [-0.15, -0.1) is 0 Å². The Morgan fingerprint density at radius 2 is 1.90 bits per heavy atom. The Kier molecular flexibility index (Phi) is 4.13. The number of hydrogen-bond acceptors (Lipinski definition) is 4. The summed E-state index contributed by atoms with van der Waals surface area (Å²) in [5.41, 5.74) is 0.0148. The molecular formula is C14H11F2NO4.